The molecule has 18 heavy (non-hydrogen) atoms. The number of carbonyl (C=O) groups excluding carboxylic acids is 1. The summed E-state index contributed by atoms with van der Waals surface area (Å²) in [5.41, 5.74) is 1.27. The van der Waals surface area contributed by atoms with E-state index in [4.69, 9.17) is 14.7 Å². The Morgan fingerprint density at radius 1 is 1.44 bits per heavy atom. The molecule has 1 rings (SSSR count). The lowest BCUT2D eigenvalue weighted by Gasteiger charge is -2.14. The zero-order valence-corrected chi connectivity index (χ0v) is 10.4. The third-order valence-corrected chi connectivity index (χ3v) is 2.19. The van der Waals surface area contributed by atoms with Crippen molar-refractivity contribution >= 4 is 6.16 Å². The van der Waals surface area contributed by atoms with Gasteiger partial charge in [-0.05, 0) is 25.5 Å². The Hall–Kier alpha value is -2.28. The van der Waals surface area contributed by atoms with Crippen LogP contribution >= 0.6 is 0 Å². The molecule has 0 aromatic heterocycles. The first-order valence-electron chi connectivity index (χ1n) is 5.64. The van der Waals surface area contributed by atoms with Gasteiger partial charge in [-0.2, -0.15) is 5.26 Å². The minimum absolute atomic E-state index is 0.251. The fourth-order valence-electron chi connectivity index (χ4n) is 1.36. The van der Waals surface area contributed by atoms with Crippen molar-refractivity contribution in [2.75, 3.05) is 6.61 Å². The lowest BCUT2D eigenvalue weighted by molar-refractivity contribution is 0.0399. The number of hydrogen-bond donors (Lipinski definition) is 0. The van der Waals surface area contributed by atoms with E-state index in [1.165, 1.54) is 0 Å². The molecule has 4 heteroatoms. The maximum atomic E-state index is 11.3. The minimum Gasteiger partial charge on any atom is -0.435 e. The highest BCUT2D eigenvalue weighted by atomic mass is 16.7. The Bertz CT molecular complexity index is 460. The summed E-state index contributed by atoms with van der Waals surface area (Å²) < 4.78 is 9.90. The Kier molecular flexibility index (Phi) is 5.46. The molecule has 0 saturated carbocycles. The third-order valence-electron chi connectivity index (χ3n) is 2.19. The summed E-state index contributed by atoms with van der Waals surface area (Å²) in [6.07, 6.45) is 0.241. The highest BCUT2D eigenvalue weighted by molar-refractivity contribution is 5.60. The second kappa shape index (κ2) is 7.13. The predicted octanol–water partition coefficient (Wildman–Crippen LogP) is 3.37. The molecular weight excluding hydrogens is 230 g/mol. The monoisotopic (exact) mass is 245 g/mol. The zero-order chi connectivity index (χ0) is 13.4. The maximum Gasteiger partial charge on any atom is 0.509 e. The van der Waals surface area contributed by atoms with Gasteiger partial charge in [0.25, 0.3) is 0 Å². The molecule has 1 atom stereocenters. The summed E-state index contributed by atoms with van der Waals surface area (Å²) in [5.74, 6) is 0. The Balaban J connectivity index is 2.90. The van der Waals surface area contributed by atoms with E-state index < -0.39 is 12.3 Å². The van der Waals surface area contributed by atoms with Gasteiger partial charge in [0.2, 0.25) is 0 Å². The molecule has 0 spiro atoms. The molecular formula is C14H15NO3. The summed E-state index contributed by atoms with van der Waals surface area (Å²) in [6.45, 7) is 3.61. The predicted molar refractivity (Wildman–Crippen MR) is 66.7 cm³/mol. The van der Waals surface area contributed by atoms with Gasteiger partial charge in [-0.25, -0.2) is 4.79 Å². The van der Waals surface area contributed by atoms with Gasteiger partial charge in [-0.1, -0.05) is 30.3 Å². The Morgan fingerprint density at radius 2 is 2.11 bits per heavy atom. The zero-order valence-electron chi connectivity index (χ0n) is 10.4. The molecule has 0 fully saturated rings. The van der Waals surface area contributed by atoms with Crippen molar-refractivity contribution in [1.29, 1.82) is 5.26 Å². The number of allylic oxidation sites excluding steroid dienone is 1. The molecule has 4 nitrogen and oxygen atoms in total. The van der Waals surface area contributed by atoms with Crippen molar-refractivity contribution in [3.05, 3.63) is 47.5 Å². The van der Waals surface area contributed by atoms with Gasteiger partial charge in [-0.15, -0.1) is 0 Å². The first kappa shape index (κ1) is 13.8. The van der Waals surface area contributed by atoms with E-state index in [2.05, 4.69) is 0 Å². The van der Waals surface area contributed by atoms with Crippen LogP contribution in [0.15, 0.2) is 42.0 Å². The molecule has 0 N–H and O–H groups in total. The van der Waals surface area contributed by atoms with Gasteiger partial charge in [0, 0.05) is 5.57 Å². The number of nitrogens with zero attached hydrogens (tertiary/aromatic N) is 1. The summed E-state index contributed by atoms with van der Waals surface area (Å²) in [6, 6.07) is 11.2. The van der Waals surface area contributed by atoms with E-state index in [0.717, 1.165) is 5.56 Å². The van der Waals surface area contributed by atoms with Crippen molar-refractivity contribution in [1.82, 2.24) is 0 Å². The molecule has 0 bridgehead atoms. The van der Waals surface area contributed by atoms with Crippen LogP contribution in [-0.2, 0) is 9.47 Å². The van der Waals surface area contributed by atoms with Gasteiger partial charge < -0.3 is 9.47 Å². The molecule has 0 saturated heterocycles. The van der Waals surface area contributed by atoms with Crippen LogP contribution in [0, 0.1) is 11.3 Å². The highest BCUT2D eigenvalue weighted by Gasteiger charge is 2.15. The van der Waals surface area contributed by atoms with Crippen molar-refractivity contribution < 1.29 is 14.3 Å². The van der Waals surface area contributed by atoms with Gasteiger partial charge in [-0.3, -0.25) is 0 Å². The smallest absolute Gasteiger partial charge is 0.435 e. The molecule has 0 radical (unpaired) electrons. The number of benzene rings is 1. The van der Waals surface area contributed by atoms with Gasteiger partial charge in [0.15, 0.2) is 0 Å². The average molecular weight is 245 g/mol. The van der Waals surface area contributed by atoms with E-state index in [9.17, 15) is 4.79 Å². The van der Waals surface area contributed by atoms with E-state index in [-0.39, 0.29) is 6.61 Å². The van der Waals surface area contributed by atoms with E-state index in [1.54, 1.807) is 19.9 Å². The molecule has 1 unspecified atom stereocenters. The molecule has 0 aliphatic heterocycles. The number of carbonyl (C=O) groups is 1. The van der Waals surface area contributed by atoms with Crippen LogP contribution < -0.4 is 0 Å². The molecule has 0 aliphatic rings. The molecule has 1 aromatic carbocycles. The normalized spacial score (nSPS) is 12.4. The van der Waals surface area contributed by atoms with Crippen LogP contribution in [-0.4, -0.2) is 12.8 Å². The lowest BCUT2D eigenvalue weighted by atomic mass is 10.1. The van der Waals surface area contributed by atoms with Crippen molar-refractivity contribution in [3.8, 4) is 6.07 Å². The van der Waals surface area contributed by atoms with Gasteiger partial charge in [0.05, 0.1) is 12.7 Å². The standard InChI is InChI=1S/C14H15NO3/c1-3-17-14(16)18-13(9-11(2)10-15)12-7-5-4-6-8-12/h4-9,13H,3H2,1-2H3/b11-9+. The van der Waals surface area contributed by atoms with Crippen LogP contribution in [0.1, 0.15) is 25.5 Å². The summed E-state index contributed by atoms with van der Waals surface area (Å²) >= 11 is 0. The van der Waals surface area contributed by atoms with E-state index >= 15 is 0 Å². The second-order valence-corrected chi connectivity index (χ2v) is 3.59. The fourth-order valence-corrected chi connectivity index (χ4v) is 1.36. The van der Waals surface area contributed by atoms with Crippen molar-refractivity contribution in [2.45, 2.75) is 20.0 Å². The molecule has 0 amide bonds. The number of rotatable bonds is 4. The lowest BCUT2D eigenvalue weighted by Crippen LogP contribution is -2.11. The number of nitriles is 1. The largest absolute Gasteiger partial charge is 0.509 e. The third kappa shape index (κ3) is 4.30. The van der Waals surface area contributed by atoms with Crippen molar-refractivity contribution in [3.63, 3.8) is 0 Å². The Labute approximate surface area is 106 Å². The van der Waals surface area contributed by atoms with Gasteiger partial charge in [0.1, 0.15) is 6.10 Å². The maximum absolute atomic E-state index is 11.3. The van der Waals surface area contributed by atoms with Crippen LogP contribution in [0.3, 0.4) is 0 Å². The van der Waals surface area contributed by atoms with Crippen LogP contribution in [0.25, 0.3) is 0 Å². The number of ether oxygens (including phenoxy) is 2. The minimum atomic E-state index is -0.742. The summed E-state index contributed by atoms with van der Waals surface area (Å²) in [5, 5.41) is 8.78. The number of hydrogen-bond acceptors (Lipinski definition) is 4. The second-order valence-electron chi connectivity index (χ2n) is 3.59. The molecule has 94 valence electrons. The quantitative estimate of drug-likeness (QED) is 0.602. The van der Waals surface area contributed by atoms with Crippen molar-refractivity contribution in [2.24, 2.45) is 0 Å². The first-order valence-corrected chi connectivity index (χ1v) is 5.64. The Morgan fingerprint density at radius 3 is 2.67 bits per heavy atom. The molecule has 1 aromatic rings. The SMILES string of the molecule is CCOC(=O)OC(/C=C(\C)C#N)c1ccccc1. The van der Waals surface area contributed by atoms with Crippen LogP contribution in [0.5, 0.6) is 0 Å². The first-order chi connectivity index (χ1) is 8.67. The molecule has 0 heterocycles. The average Bonchev–Trinajstić information content (AvgIpc) is 2.39. The van der Waals surface area contributed by atoms with Crippen LogP contribution in [0.2, 0.25) is 0 Å². The van der Waals surface area contributed by atoms with Crippen LogP contribution in [0.4, 0.5) is 4.79 Å². The fraction of sp³-hybridized carbons (Fsp3) is 0.286. The highest BCUT2D eigenvalue weighted by Crippen LogP contribution is 2.20. The summed E-state index contributed by atoms with van der Waals surface area (Å²) in [4.78, 5) is 11.3. The van der Waals surface area contributed by atoms with E-state index in [0.29, 0.717) is 5.57 Å². The summed E-state index contributed by atoms with van der Waals surface area (Å²) in [7, 11) is 0. The van der Waals surface area contributed by atoms with Gasteiger partial charge >= 0.3 is 6.16 Å². The molecule has 0 aliphatic carbocycles. The topological polar surface area (TPSA) is 59.3 Å². The van der Waals surface area contributed by atoms with E-state index in [1.807, 2.05) is 36.4 Å².